The van der Waals surface area contributed by atoms with Crippen LogP contribution in [0.2, 0.25) is 0 Å². The van der Waals surface area contributed by atoms with Gasteiger partial charge < -0.3 is 5.32 Å². The molecule has 2 rings (SSSR count). The van der Waals surface area contributed by atoms with Crippen molar-refractivity contribution in [1.29, 1.82) is 0 Å². The lowest BCUT2D eigenvalue weighted by Crippen LogP contribution is -2.10. The summed E-state index contributed by atoms with van der Waals surface area (Å²) in [6, 6.07) is 2.22. The summed E-state index contributed by atoms with van der Waals surface area (Å²) in [4.78, 5) is 4.52. The minimum Gasteiger partial charge on any atom is -0.316 e. The Morgan fingerprint density at radius 1 is 1.46 bits per heavy atom. The Balaban J connectivity index is 2.29. The van der Waals surface area contributed by atoms with Crippen LogP contribution >= 0.6 is 0 Å². The molecule has 1 aliphatic rings. The van der Waals surface area contributed by atoms with E-state index in [2.05, 4.69) is 30.2 Å². The summed E-state index contributed by atoms with van der Waals surface area (Å²) in [5, 5.41) is 3.37. The van der Waals surface area contributed by atoms with Gasteiger partial charge in [0.1, 0.15) is 0 Å². The van der Waals surface area contributed by atoms with Crippen LogP contribution < -0.4 is 5.32 Å². The Labute approximate surface area is 79.4 Å². The highest BCUT2D eigenvalue weighted by atomic mass is 14.9. The molecule has 0 radical (unpaired) electrons. The molecule has 0 bridgehead atoms. The molecule has 0 spiro atoms. The van der Waals surface area contributed by atoms with Gasteiger partial charge in [0, 0.05) is 24.4 Å². The molecule has 1 N–H and O–H groups in total. The van der Waals surface area contributed by atoms with Gasteiger partial charge in [-0.15, -0.1) is 0 Å². The second-order valence-electron chi connectivity index (χ2n) is 3.90. The maximum absolute atomic E-state index is 4.52. The molecular weight excluding hydrogens is 160 g/mol. The average molecular weight is 176 g/mol. The lowest BCUT2D eigenvalue weighted by molar-refractivity contribution is 0.727. The highest BCUT2D eigenvalue weighted by molar-refractivity contribution is 5.26. The average Bonchev–Trinajstić information content (AvgIpc) is 2.56. The van der Waals surface area contributed by atoms with Crippen LogP contribution in [0.15, 0.2) is 12.3 Å². The molecule has 1 aliphatic heterocycles. The lowest BCUT2D eigenvalue weighted by atomic mass is 9.99. The molecule has 0 saturated carbocycles. The largest absolute Gasteiger partial charge is 0.316 e. The van der Waals surface area contributed by atoms with Gasteiger partial charge in [-0.05, 0) is 37.9 Å². The molecule has 0 aliphatic carbocycles. The van der Waals surface area contributed by atoms with Gasteiger partial charge in [-0.1, -0.05) is 6.07 Å². The first kappa shape index (κ1) is 8.70. The van der Waals surface area contributed by atoms with Gasteiger partial charge in [0.15, 0.2) is 0 Å². The zero-order chi connectivity index (χ0) is 9.26. The second kappa shape index (κ2) is 3.46. The van der Waals surface area contributed by atoms with Crippen molar-refractivity contribution in [2.75, 3.05) is 13.1 Å². The van der Waals surface area contributed by atoms with Gasteiger partial charge in [0.2, 0.25) is 0 Å². The first-order valence-electron chi connectivity index (χ1n) is 4.91. The van der Waals surface area contributed by atoms with Gasteiger partial charge in [0.05, 0.1) is 0 Å². The fraction of sp³-hybridized carbons (Fsp3) is 0.545. The fourth-order valence-electron chi connectivity index (χ4n) is 2.04. The maximum atomic E-state index is 4.52. The third-order valence-corrected chi connectivity index (χ3v) is 2.70. The summed E-state index contributed by atoms with van der Waals surface area (Å²) < 4.78 is 0. The van der Waals surface area contributed by atoms with Crippen molar-refractivity contribution in [3.8, 4) is 0 Å². The van der Waals surface area contributed by atoms with Crippen LogP contribution in [0.1, 0.15) is 29.2 Å². The van der Waals surface area contributed by atoms with Crippen molar-refractivity contribution in [3.05, 3.63) is 29.1 Å². The van der Waals surface area contributed by atoms with Crippen LogP contribution in [0.25, 0.3) is 0 Å². The number of aromatic nitrogens is 1. The molecule has 2 heteroatoms. The summed E-state index contributed by atoms with van der Waals surface area (Å²) in [7, 11) is 0. The van der Waals surface area contributed by atoms with E-state index in [0.29, 0.717) is 5.92 Å². The van der Waals surface area contributed by atoms with E-state index >= 15 is 0 Å². The van der Waals surface area contributed by atoms with Crippen molar-refractivity contribution in [3.63, 3.8) is 0 Å². The highest BCUT2D eigenvalue weighted by Gasteiger charge is 2.19. The molecule has 0 amide bonds. The number of aryl methyl sites for hydroxylation is 2. The van der Waals surface area contributed by atoms with E-state index in [1.807, 2.05) is 6.20 Å². The third-order valence-electron chi connectivity index (χ3n) is 2.70. The van der Waals surface area contributed by atoms with Crippen LogP contribution in [-0.2, 0) is 0 Å². The number of pyridine rings is 1. The molecule has 70 valence electrons. The van der Waals surface area contributed by atoms with Gasteiger partial charge in [-0.2, -0.15) is 0 Å². The van der Waals surface area contributed by atoms with E-state index < -0.39 is 0 Å². The van der Waals surface area contributed by atoms with Crippen LogP contribution in [0.5, 0.6) is 0 Å². The van der Waals surface area contributed by atoms with E-state index in [4.69, 9.17) is 0 Å². The molecule has 1 saturated heterocycles. The van der Waals surface area contributed by atoms with Crippen LogP contribution in [-0.4, -0.2) is 18.1 Å². The van der Waals surface area contributed by atoms with E-state index in [9.17, 15) is 0 Å². The van der Waals surface area contributed by atoms with Gasteiger partial charge >= 0.3 is 0 Å². The summed E-state index contributed by atoms with van der Waals surface area (Å²) in [6.45, 7) is 6.49. The van der Waals surface area contributed by atoms with Crippen LogP contribution in [0.4, 0.5) is 0 Å². The predicted molar refractivity (Wildman–Crippen MR) is 53.9 cm³/mol. The minimum absolute atomic E-state index is 0.639. The molecule has 1 fully saturated rings. The van der Waals surface area contributed by atoms with Gasteiger partial charge in [-0.25, -0.2) is 0 Å². The SMILES string of the molecule is Cc1cnc(C2CCNC2)c(C)c1. The molecule has 2 nitrogen and oxygen atoms in total. The number of nitrogens with one attached hydrogen (secondary N) is 1. The minimum atomic E-state index is 0.639. The monoisotopic (exact) mass is 176 g/mol. The fourth-order valence-corrected chi connectivity index (χ4v) is 2.04. The smallest absolute Gasteiger partial charge is 0.0476 e. The predicted octanol–water partition coefficient (Wildman–Crippen LogP) is 1.78. The summed E-state index contributed by atoms with van der Waals surface area (Å²) in [5.41, 5.74) is 3.89. The Bertz CT molecular complexity index is 301. The molecule has 1 unspecified atom stereocenters. The zero-order valence-corrected chi connectivity index (χ0v) is 8.30. The van der Waals surface area contributed by atoms with E-state index in [-0.39, 0.29) is 0 Å². The molecule has 1 atom stereocenters. The molecule has 1 aromatic heterocycles. The van der Waals surface area contributed by atoms with E-state index in [1.54, 1.807) is 0 Å². The molecule has 1 aromatic rings. The lowest BCUT2D eigenvalue weighted by Gasteiger charge is -2.11. The van der Waals surface area contributed by atoms with Crippen LogP contribution in [0.3, 0.4) is 0 Å². The number of hydrogen-bond acceptors (Lipinski definition) is 2. The zero-order valence-electron chi connectivity index (χ0n) is 8.30. The van der Waals surface area contributed by atoms with Crippen molar-refractivity contribution in [2.45, 2.75) is 26.2 Å². The van der Waals surface area contributed by atoms with Crippen LogP contribution in [0, 0.1) is 13.8 Å². The standard InChI is InChI=1S/C11H16N2/c1-8-5-9(2)11(13-6-8)10-3-4-12-7-10/h5-6,10,12H,3-4,7H2,1-2H3. The second-order valence-corrected chi connectivity index (χ2v) is 3.90. The number of nitrogens with zero attached hydrogens (tertiary/aromatic N) is 1. The maximum Gasteiger partial charge on any atom is 0.0476 e. The molecule has 0 aromatic carbocycles. The first-order chi connectivity index (χ1) is 6.27. The van der Waals surface area contributed by atoms with Gasteiger partial charge in [0.25, 0.3) is 0 Å². The summed E-state index contributed by atoms with van der Waals surface area (Å²) >= 11 is 0. The van der Waals surface area contributed by atoms with E-state index in [0.717, 1.165) is 13.1 Å². The topological polar surface area (TPSA) is 24.9 Å². The highest BCUT2D eigenvalue weighted by Crippen LogP contribution is 2.23. The van der Waals surface area contributed by atoms with Crippen molar-refractivity contribution in [1.82, 2.24) is 10.3 Å². The normalized spacial score (nSPS) is 22.2. The van der Waals surface area contributed by atoms with Crippen molar-refractivity contribution >= 4 is 0 Å². The van der Waals surface area contributed by atoms with Gasteiger partial charge in [-0.3, -0.25) is 4.98 Å². The first-order valence-corrected chi connectivity index (χ1v) is 4.91. The van der Waals surface area contributed by atoms with Crippen molar-refractivity contribution in [2.24, 2.45) is 0 Å². The Morgan fingerprint density at radius 2 is 2.31 bits per heavy atom. The quantitative estimate of drug-likeness (QED) is 0.705. The molecule has 13 heavy (non-hydrogen) atoms. The van der Waals surface area contributed by atoms with Crippen molar-refractivity contribution < 1.29 is 0 Å². The third kappa shape index (κ3) is 1.73. The Hall–Kier alpha value is -0.890. The Kier molecular flexibility index (Phi) is 2.32. The molecule has 2 heterocycles. The molecular formula is C11H16N2. The summed E-state index contributed by atoms with van der Waals surface area (Å²) in [5.74, 6) is 0.639. The summed E-state index contributed by atoms with van der Waals surface area (Å²) in [6.07, 6.45) is 3.21. The number of hydrogen-bond donors (Lipinski definition) is 1. The number of rotatable bonds is 1. The Morgan fingerprint density at radius 3 is 2.92 bits per heavy atom. The van der Waals surface area contributed by atoms with E-state index in [1.165, 1.54) is 23.2 Å².